The highest BCUT2D eigenvalue weighted by Gasteiger charge is 2.19. The summed E-state index contributed by atoms with van der Waals surface area (Å²) in [6.45, 7) is -0.104. The molecule has 0 saturated heterocycles. The van der Waals surface area contributed by atoms with Gasteiger partial charge < -0.3 is 25.8 Å². The number of ether oxygens (including phenoxy) is 2. The lowest BCUT2D eigenvalue weighted by atomic mass is 10.2. The second kappa shape index (κ2) is 9.57. The second-order valence-electron chi connectivity index (χ2n) is 6.44. The summed E-state index contributed by atoms with van der Waals surface area (Å²) in [4.78, 5) is 24.7. The van der Waals surface area contributed by atoms with Crippen LogP contribution in [0.5, 0.6) is 11.5 Å². The van der Waals surface area contributed by atoms with Crippen LogP contribution in [-0.4, -0.2) is 41.0 Å². The third-order valence-corrected chi connectivity index (χ3v) is 4.28. The molecule has 0 aliphatic rings. The number of carbonyl (C=O) groups excluding carboxylic acids is 2. The van der Waals surface area contributed by atoms with Gasteiger partial charge in [-0.15, -0.1) is 5.10 Å². The Balaban J connectivity index is 1.62. The fraction of sp³-hybridized carbons (Fsp3) is 0.200. The van der Waals surface area contributed by atoms with Gasteiger partial charge in [-0.05, 0) is 17.7 Å². The number of hydrogen-bond donors (Lipinski definition) is 3. The molecule has 3 rings (SSSR count). The van der Waals surface area contributed by atoms with Crippen molar-refractivity contribution in [1.29, 1.82) is 0 Å². The van der Waals surface area contributed by atoms with E-state index in [1.54, 1.807) is 30.3 Å². The van der Waals surface area contributed by atoms with Gasteiger partial charge in [0, 0.05) is 30.4 Å². The van der Waals surface area contributed by atoms with Crippen molar-refractivity contribution < 1.29 is 23.5 Å². The van der Waals surface area contributed by atoms with Gasteiger partial charge in [-0.25, -0.2) is 9.07 Å². The van der Waals surface area contributed by atoms with Crippen molar-refractivity contribution in [1.82, 2.24) is 20.3 Å². The van der Waals surface area contributed by atoms with Crippen LogP contribution in [0.1, 0.15) is 16.1 Å². The predicted octanol–water partition coefficient (Wildman–Crippen LogP) is 1.59. The van der Waals surface area contributed by atoms with Gasteiger partial charge >= 0.3 is 0 Å². The van der Waals surface area contributed by atoms with Gasteiger partial charge in [-0.2, -0.15) is 0 Å². The maximum atomic E-state index is 13.0. The van der Waals surface area contributed by atoms with Gasteiger partial charge in [0.25, 0.3) is 5.91 Å². The average molecular weight is 428 g/mol. The number of hydrogen-bond acceptors (Lipinski definition) is 7. The topological polar surface area (TPSA) is 133 Å². The zero-order valence-corrected chi connectivity index (χ0v) is 16.9. The number of halogens is 1. The molecule has 0 spiro atoms. The van der Waals surface area contributed by atoms with Gasteiger partial charge in [0.1, 0.15) is 23.9 Å². The predicted molar refractivity (Wildman–Crippen MR) is 110 cm³/mol. The van der Waals surface area contributed by atoms with Gasteiger partial charge in [0.2, 0.25) is 5.91 Å². The number of aromatic nitrogens is 3. The molecule has 1 aromatic heterocycles. The minimum absolute atomic E-state index is 0.0602. The van der Waals surface area contributed by atoms with Gasteiger partial charge in [0.15, 0.2) is 11.5 Å². The fourth-order valence-corrected chi connectivity index (χ4v) is 2.68. The number of anilines is 2. The van der Waals surface area contributed by atoms with Crippen LogP contribution >= 0.6 is 0 Å². The summed E-state index contributed by atoms with van der Waals surface area (Å²) in [5.74, 6) is -0.413. The van der Waals surface area contributed by atoms with Gasteiger partial charge in [0.05, 0.1) is 14.2 Å². The van der Waals surface area contributed by atoms with Gasteiger partial charge in [-0.1, -0.05) is 17.3 Å². The standard InChI is InChI=1S/C20H21FN6O4/c1-30-15-7-14(8-16(9-15)31-2)24-17(28)11-27-19(22)18(25-26-27)20(29)23-10-12-3-5-13(21)6-4-12/h3-9H,10-11,22H2,1-2H3,(H,23,29)(H,24,28). The molecule has 0 aliphatic carbocycles. The highest BCUT2D eigenvalue weighted by atomic mass is 19.1. The summed E-state index contributed by atoms with van der Waals surface area (Å²) in [7, 11) is 3.00. The van der Waals surface area contributed by atoms with Crippen molar-refractivity contribution in [2.24, 2.45) is 0 Å². The molecule has 31 heavy (non-hydrogen) atoms. The molecule has 0 atom stereocenters. The molecule has 3 aromatic rings. The van der Waals surface area contributed by atoms with E-state index in [-0.39, 0.29) is 30.4 Å². The van der Waals surface area contributed by atoms with E-state index in [4.69, 9.17) is 15.2 Å². The number of carbonyl (C=O) groups is 2. The first kappa shape index (κ1) is 21.6. The van der Waals surface area contributed by atoms with Crippen LogP contribution < -0.4 is 25.8 Å². The monoisotopic (exact) mass is 428 g/mol. The number of nitrogens with zero attached hydrogens (tertiary/aromatic N) is 3. The lowest BCUT2D eigenvalue weighted by Crippen LogP contribution is -2.25. The van der Waals surface area contributed by atoms with Crippen LogP contribution in [0.15, 0.2) is 42.5 Å². The Labute approximate surface area is 177 Å². The van der Waals surface area contributed by atoms with E-state index < -0.39 is 11.8 Å². The van der Waals surface area contributed by atoms with Crippen molar-refractivity contribution in [2.45, 2.75) is 13.1 Å². The van der Waals surface area contributed by atoms with E-state index in [1.807, 2.05) is 0 Å². The summed E-state index contributed by atoms with van der Waals surface area (Å²) < 4.78 is 24.4. The molecule has 2 amide bonds. The number of nitrogens with one attached hydrogen (secondary N) is 2. The van der Waals surface area contributed by atoms with Crippen molar-refractivity contribution in [2.75, 3.05) is 25.3 Å². The molecule has 0 saturated carbocycles. The minimum atomic E-state index is -0.564. The second-order valence-corrected chi connectivity index (χ2v) is 6.44. The lowest BCUT2D eigenvalue weighted by molar-refractivity contribution is -0.116. The van der Waals surface area contributed by atoms with Gasteiger partial charge in [-0.3, -0.25) is 9.59 Å². The zero-order chi connectivity index (χ0) is 22.4. The van der Waals surface area contributed by atoms with Crippen LogP contribution in [0.4, 0.5) is 15.9 Å². The van der Waals surface area contributed by atoms with Crippen molar-refractivity contribution in [3.05, 3.63) is 59.5 Å². The quantitative estimate of drug-likeness (QED) is 0.496. The maximum absolute atomic E-state index is 13.0. The Kier molecular flexibility index (Phi) is 6.65. The Morgan fingerprint density at radius 2 is 1.74 bits per heavy atom. The van der Waals surface area contributed by atoms with E-state index >= 15 is 0 Å². The molecule has 0 radical (unpaired) electrons. The first-order valence-corrected chi connectivity index (χ1v) is 9.14. The summed E-state index contributed by atoms with van der Waals surface area (Å²) in [6, 6.07) is 10.6. The van der Waals surface area contributed by atoms with Crippen LogP contribution in [0.2, 0.25) is 0 Å². The first-order chi connectivity index (χ1) is 14.9. The number of nitrogens with two attached hydrogens (primary N) is 1. The molecular weight excluding hydrogens is 407 g/mol. The van der Waals surface area contributed by atoms with Crippen LogP contribution in [0.3, 0.4) is 0 Å². The molecule has 0 fully saturated rings. The van der Waals surface area contributed by atoms with Crippen molar-refractivity contribution in [3.8, 4) is 11.5 Å². The normalized spacial score (nSPS) is 10.4. The maximum Gasteiger partial charge on any atom is 0.275 e. The zero-order valence-electron chi connectivity index (χ0n) is 16.9. The lowest BCUT2D eigenvalue weighted by Gasteiger charge is -2.10. The molecule has 0 unspecified atom stereocenters. The fourth-order valence-electron chi connectivity index (χ4n) is 2.68. The van der Waals surface area contributed by atoms with E-state index in [9.17, 15) is 14.0 Å². The molecule has 4 N–H and O–H groups in total. The molecule has 11 heteroatoms. The molecule has 0 aliphatic heterocycles. The van der Waals surface area contributed by atoms with E-state index in [0.29, 0.717) is 22.7 Å². The highest BCUT2D eigenvalue weighted by molar-refractivity contribution is 5.97. The Morgan fingerprint density at radius 1 is 1.10 bits per heavy atom. The molecule has 0 bridgehead atoms. The summed E-state index contributed by atoms with van der Waals surface area (Å²) in [5.41, 5.74) is 6.98. The largest absolute Gasteiger partial charge is 0.497 e. The van der Waals surface area contributed by atoms with E-state index in [0.717, 1.165) is 4.68 Å². The number of amides is 2. The van der Waals surface area contributed by atoms with E-state index in [2.05, 4.69) is 20.9 Å². The molecular formula is C20H21FN6O4. The minimum Gasteiger partial charge on any atom is -0.497 e. The Hall–Kier alpha value is -4.15. The number of nitrogen functional groups attached to an aromatic ring is 1. The van der Waals surface area contributed by atoms with Crippen molar-refractivity contribution >= 4 is 23.3 Å². The Bertz CT molecular complexity index is 1060. The summed E-state index contributed by atoms with van der Waals surface area (Å²) in [5, 5.41) is 12.8. The van der Waals surface area contributed by atoms with Crippen LogP contribution in [0.25, 0.3) is 0 Å². The third-order valence-electron chi connectivity index (χ3n) is 4.28. The summed E-state index contributed by atoms with van der Waals surface area (Å²) >= 11 is 0. The smallest absolute Gasteiger partial charge is 0.275 e. The highest BCUT2D eigenvalue weighted by Crippen LogP contribution is 2.25. The number of methoxy groups -OCH3 is 2. The number of rotatable bonds is 8. The average Bonchev–Trinajstić information content (AvgIpc) is 3.12. The molecule has 1 heterocycles. The van der Waals surface area contributed by atoms with Crippen LogP contribution in [0, 0.1) is 5.82 Å². The van der Waals surface area contributed by atoms with Crippen molar-refractivity contribution in [3.63, 3.8) is 0 Å². The Morgan fingerprint density at radius 3 is 2.35 bits per heavy atom. The molecule has 10 nitrogen and oxygen atoms in total. The third kappa shape index (κ3) is 5.47. The summed E-state index contributed by atoms with van der Waals surface area (Å²) in [6.07, 6.45) is 0. The molecule has 2 aromatic carbocycles. The van der Waals surface area contributed by atoms with Crippen LogP contribution in [-0.2, 0) is 17.9 Å². The SMILES string of the molecule is COc1cc(NC(=O)Cn2nnc(C(=O)NCc3ccc(F)cc3)c2N)cc(OC)c1. The van der Waals surface area contributed by atoms with E-state index in [1.165, 1.54) is 26.4 Å². The molecule has 162 valence electrons. The first-order valence-electron chi connectivity index (χ1n) is 9.14. The number of benzene rings is 2.